The number of carbonyl (C=O) groups excluding carboxylic acids is 1. The van der Waals surface area contributed by atoms with E-state index in [-0.39, 0.29) is 16.8 Å². The van der Waals surface area contributed by atoms with E-state index >= 15 is 0 Å². The summed E-state index contributed by atoms with van der Waals surface area (Å²) >= 11 is 0. The van der Waals surface area contributed by atoms with Crippen molar-refractivity contribution < 1.29 is 13.2 Å². The molecule has 0 aliphatic carbocycles. The van der Waals surface area contributed by atoms with Gasteiger partial charge in [-0.25, -0.2) is 13.1 Å². The summed E-state index contributed by atoms with van der Waals surface area (Å²) in [5, 5.41) is 6.94. The maximum absolute atomic E-state index is 12.5. The molecule has 3 rings (SSSR count). The van der Waals surface area contributed by atoms with Crippen LogP contribution in [0.25, 0.3) is 5.69 Å². The lowest BCUT2D eigenvalue weighted by Gasteiger charge is -2.21. The van der Waals surface area contributed by atoms with Crippen LogP contribution in [0.2, 0.25) is 0 Å². The first-order valence-electron chi connectivity index (χ1n) is 8.78. The summed E-state index contributed by atoms with van der Waals surface area (Å²) in [6.07, 6.45) is 3.46. The van der Waals surface area contributed by atoms with Gasteiger partial charge in [-0.05, 0) is 62.4 Å². The SMILES string of the molecule is CC(C)N(C)S(=O)(=O)c1ccc(NC(=O)c2cccc(-n3cccn3)c2)cc1. The molecule has 0 spiro atoms. The first-order valence-corrected chi connectivity index (χ1v) is 10.2. The molecule has 28 heavy (non-hydrogen) atoms. The first-order chi connectivity index (χ1) is 13.3. The van der Waals surface area contributed by atoms with Gasteiger partial charge in [0.25, 0.3) is 5.91 Å². The largest absolute Gasteiger partial charge is 0.322 e. The molecule has 0 atom stereocenters. The van der Waals surface area contributed by atoms with Crippen molar-refractivity contribution in [1.29, 1.82) is 0 Å². The van der Waals surface area contributed by atoms with E-state index in [1.54, 1.807) is 60.5 Å². The Morgan fingerprint density at radius 2 is 1.82 bits per heavy atom. The van der Waals surface area contributed by atoms with Gasteiger partial charge >= 0.3 is 0 Å². The van der Waals surface area contributed by atoms with Crippen molar-refractivity contribution in [1.82, 2.24) is 14.1 Å². The fourth-order valence-electron chi connectivity index (χ4n) is 2.57. The summed E-state index contributed by atoms with van der Waals surface area (Å²) in [4.78, 5) is 12.7. The average molecular weight is 398 g/mol. The van der Waals surface area contributed by atoms with E-state index in [0.717, 1.165) is 5.69 Å². The van der Waals surface area contributed by atoms with E-state index in [4.69, 9.17) is 0 Å². The lowest BCUT2D eigenvalue weighted by Crippen LogP contribution is -2.33. The smallest absolute Gasteiger partial charge is 0.255 e. The Balaban J connectivity index is 1.76. The number of rotatable bonds is 6. The van der Waals surface area contributed by atoms with Gasteiger partial charge in [0.05, 0.1) is 10.6 Å². The van der Waals surface area contributed by atoms with Gasteiger partial charge in [-0.1, -0.05) is 6.07 Å². The number of nitrogens with one attached hydrogen (secondary N) is 1. The van der Waals surface area contributed by atoms with Gasteiger partial charge < -0.3 is 5.32 Å². The molecule has 0 aliphatic rings. The number of hydrogen-bond donors (Lipinski definition) is 1. The standard InChI is InChI=1S/C20H22N4O3S/c1-15(2)23(3)28(26,27)19-10-8-17(9-11-19)22-20(25)16-6-4-7-18(14-16)24-13-5-12-21-24/h4-15H,1-3H3,(H,22,25). The molecule has 0 saturated carbocycles. The topological polar surface area (TPSA) is 84.3 Å². The molecular weight excluding hydrogens is 376 g/mol. The van der Waals surface area contributed by atoms with Crippen LogP contribution in [0, 0.1) is 0 Å². The maximum atomic E-state index is 12.5. The van der Waals surface area contributed by atoms with E-state index in [1.165, 1.54) is 16.4 Å². The molecule has 1 heterocycles. The lowest BCUT2D eigenvalue weighted by atomic mass is 10.2. The van der Waals surface area contributed by atoms with Crippen molar-refractivity contribution in [3.05, 3.63) is 72.6 Å². The van der Waals surface area contributed by atoms with Crippen LogP contribution in [0.15, 0.2) is 71.9 Å². The Kier molecular flexibility index (Phi) is 5.62. The van der Waals surface area contributed by atoms with E-state index in [0.29, 0.717) is 11.3 Å². The second kappa shape index (κ2) is 7.95. The number of anilines is 1. The summed E-state index contributed by atoms with van der Waals surface area (Å²) in [6.45, 7) is 3.62. The molecule has 0 saturated heterocycles. The third-order valence-corrected chi connectivity index (χ3v) is 6.44. The van der Waals surface area contributed by atoms with Crippen molar-refractivity contribution >= 4 is 21.6 Å². The van der Waals surface area contributed by atoms with Crippen LogP contribution in [0.5, 0.6) is 0 Å². The molecule has 3 aromatic rings. The predicted molar refractivity (Wildman–Crippen MR) is 108 cm³/mol. The molecule has 1 amide bonds. The number of carbonyl (C=O) groups is 1. The minimum Gasteiger partial charge on any atom is -0.322 e. The Morgan fingerprint density at radius 3 is 2.43 bits per heavy atom. The number of nitrogens with zero attached hydrogens (tertiary/aromatic N) is 3. The third kappa shape index (κ3) is 4.13. The zero-order valence-corrected chi connectivity index (χ0v) is 16.7. The number of aromatic nitrogens is 2. The summed E-state index contributed by atoms with van der Waals surface area (Å²) in [7, 11) is -2.01. The van der Waals surface area contributed by atoms with Crippen molar-refractivity contribution in [3.8, 4) is 5.69 Å². The van der Waals surface area contributed by atoms with Gasteiger partial charge in [-0.3, -0.25) is 4.79 Å². The monoisotopic (exact) mass is 398 g/mol. The number of hydrogen-bond acceptors (Lipinski definition) is 4. The molecule has 7 nitrogen and oxygen atoms in total. The van der Waals surface area contributed by atoms with Gasteiger partial charge in [0.2, 0.25) is 10.0 Å². The molecule has 0 unspecified atom stereocenters. The molecule has 8 heteroatoms. The van der Waals surface area contributed by atoms with Crippen LogP contribution in [-0.2, 0) is 10.0 Å². The Labute approximate surface area is 164 Å². The molecule has 1 N–H and O–H groups in total. The molecule has 0 aliphatic heterocycles. The van der Waals surface area contributed by atoms with E-state index in [1.807, 2.05) is 19.9 Å². The minimum atomic E-state index is -3.56. The van der Waals surface area contributed by atoms with Crippen molar-refractivity contribution in [2.75, 3.05) is 12.4 Å². The highest BCUT2D eigenvalue weighted by Gasteiger charge is 2.22. The highest BCUT2D eigenvalue weighted by Crippen LogP contribution is 2.20. The van der Waals surface area contributed by atoms with Crippen LogP contribution in [0.4, 0.5) is 5.69 Å². The normalized spacial score (nSPS) is 11.8. The van der Waals surface area contributed by atoms with Gasteiger partial charge in [-0.2, -0.15) is 9.40 Å². The van der Waals surface area contributed by atoms with E-state index < -0.39 is 10.0 Å². The lowest BCUT2D eigenvalue weighted by molar-refractivity contribution is 0.102. The van der Waals surface area contributed by atoms with Crippen LogP contribution in [0.3, 0.4) is 0 Å². The molecular formula is C20H22N4O3S. The van der Waals surface area contributed by atoms with Crippen molar-refractivity contribution in [2.24, 2.45) is 0 Å². The average Bonchev–Trinajstić information content (AvgIpc) is 3.22. The molecule has 146 valence electrons. The predicted octanol–water partition coefficient (Wildman–Crippen LogP) is 3.15. The Bertz CT molecular complexity index is 1060. The highest BCUT2D eigenvalue weighted by molar-refractivity contribution is 7.89. The second-order valence-electron chi connectivity index (χ2n) is 6.59. The zero-order chi connectivity index (χ0) is 20.3. The fourth-order valence-corrected chi connectivity index (χ4v) is 3.94. The summed E-state index contributed by atoms with van der Waals surface area (Å²) < 4.78 is 28.0. The van der Waals surface area contributed by atoms with Crippen LogP contribution in [-0.4, -0.2) is 41.5 Å². The van der Waals surface area contributed by atoms with E-state index in [9.17, 15) is 13.2 Å². The van der Waals surface area contributed by atoms with E-state index in [2.05, 4.69) is 10.4 Å². The number of amides is 1. The second-order valence-corrected chi connectivity index (χ2v) is 8.59. The van der Waals surface area contributed by atoms with Gasteiger partial charge in [-0.15, -0.1) is 0 Å². The van der Waals surface area contributed by atoms with Crippen molar-refractivity contribution in [2.45, 2.75) is 24.8 Å². The quantitative estimate of drug-likeness (QED) is 0.691. The third-order valence-electron chi connectivity index (χ3n) is 4.39. The van der Waals surface area contributed by atoms with Gasteiger partial charge in [0, 0.05) is 36.7 Å². The first kappa shape index (κ1) is 19.8. The Hall–Kier alpha value is -2.97. The minimum absolute atomic E-state index is 0.147. The molecule has 2 aromatic carbocycles. The van der Waals surface area contributed by atoms with Crippen LogP contribution < -0.4 is 5.32 Å². The number of sulfonamides is 1. The highest BCUT2D eigenvalue weighted by atomic mass is 32.2. The van der Waals surface area contributed by atoms with Crippen LogP contribution >= 0.6 is 0 Å². The van der Waals surface area contributed by atoms with Crippen LogP contribution in [0.1, 0.15) is 24.2 Å². The zero-order valence-electron chi connectivity index (χ0n) is 15.9. The molecule has 0 bridgehead atoms. The maximum Gasteiger partial charge on any atom is 0.255 e. The summed E-state index contributed by atoms with van der Waals surface area (Å²) in [5.74, 6) is -0.288. The van der Waals surface area contributed by atoms with Gasteiger partial charge in [0.1, 0.15) is 0 Å². The molecule has 0 fully saturated rings. The Morgan fingerprint density at radius 1 is 1.11 bits per heavy atom. The number of benzene rings is 2. The van der Waals surface area contributed by atoms with Crippen molar-refractivity contribution in [3.63, 3.8) is 0 Å². The van der Waals surface area contributed by atoms with Gasteiger partial charge in [0.15, 0.2) is 0 Å². The molecule has 0 radical (unpaired) electrons. The molecule has 1 aromatic heterocycles. The summed E-state index contributed by atoms with van der Waals surface area (Å²) in [6, 6.07) is 14.9. The fraction of sp³-hybridized carbons (Fsp3) is 0.200. The summed E-state index contributed by atoms with van der Waals surface area (Å²) in [5.41, 5.74) is 1.76.